The fraction of sp³-hybridized carbons (Fsp3) is 0.370. The monoisotopic (exact) mass is 456 g/mol. The molecule has 0 bridgehead atoms. The molecule has 2 aromatic carbocycles. The van der Waals surface area contributed by atoms with Crippen molar-refractivity contribution in [3.8, 4) is 0 Å². The molecule has 176 valence electrons. The smallest absolute Gasteiger partial charge is 0.279 e. The number of hydrogen-bond donors (Lipinski definition) is 1. The lowest BCUT2D eigenvalue weighted by Gasteiger charge is -2.35. The quantitative estimate of drug-likeness (QED) is 0.354. The molecule has 2 N–H and O–H groups in total. The fourth-order valence-corrected chi connectivity index (χ4v) is 4.89. The maximum absolute atomic E-state index is 12.5. The van der Waals surface area contributed by atoms with Gasteiger partial charge in [0.15, 0.2) is 0 Å². The van der Waals surface area contributed by atoms with Gasteiger partial charge in [-0.05, 0) is 62.6 Å². The van der Waals surface area contributed by atoms with Crippen LogP contribution in [-0.2, 0) is 6.42 Å². The Balaban J connectivity index is 1.15. The molecule has 0 radical (unpaired) electrons. The number of unbranched alkanes of at least 4 members (excludes halogenated alkanes) is 1. The van der Waals surface area contributed by atoms with E-state index in [-0.39, 0.29) is 5.56 Å². The molecule has 4 aromatic rings. The summed E-state index contributed by atoms with van der Waals surface area (Å²) in [5.41, 5.74) is 4.16. The Kier molecular flexibility index (Phi) is 6.20. The molecule has 1 fully saturated rings. The summed E-state index contributed by atoms with van der Waals surface area (Å²) in [7, 11) is 0. The normalized spacial score (nSPS) is 14.8. The molecule has 0 amide bonds. The first-order valence-corrected chi connectivity index (χ1v) is 12.1. The average molecular weight is 457 g/mol. The highest BCUT2D eigenvalue weighted by Gasteiger charge is 2.19. The molecule has 0 aliphatic carbocycles. The molecule has 7 nitrogen and oxygen atoms in total. The second-order valence-corrected chi connectivity index (χ2v) is 9.27. The number of piperazine rings is 1. The minimum Gasteiger partial charge on any atom is -0.354 e. The Labute approximate surface area is 199 Å². The van der Waals surface area contributed by atoms with E-state index in [1.165, 1.54) is 21.2 Å². The number of benzene rings is 2. The van der Waals surface area contributed by atoms with Crippen molar-refractivity contribution in [3.63, 3.8) is 0 Å². The molecular formula is C27H32N6O. The second kappa shape index (κ2) is 9.43. The number of aryl methyl sites for hydroxylation is 3. The van der Waals surface area contributed by atoms with Crippen LogP contribution in [0, 0.1) is 13.8 Å². The summed E-state index contributed by atoms with van der Waals surface area (Å²) in [6.07, 6.45) is 2.71. The number of aromatic nitrogens is 3. The molecule has 3 heterocycles. The number of fused-ring (bicyclic) bond motifs is 2. The van der Waals surface area contributed by atoms with Crippen molar-refractivity contribution in [2.75, 3.05) is 43.5 Å². The summed E-state index contributed by atoms with van der Waals surface area (Å²) in [6, 6.07) is 16.0. The Morgan fingerprint density at radius 2 is 1.65 bits per heavy atom. The van der Waals surface area contributed by atoms with Crippen LogP contribution >= 0.6 is 0 Å². The fourth-order valence-electron chi connectivity index (χ4n) is 4.89. The number of pyridine rings is 1. The predicted octanol–water partition coefficient (Wildman–Crippen LogP) is 3.42. The molecule has 5 rings (SSSR count). The summed E-state index contributed by atoms with van der Waals surface area (Å²) in [4.78, 5) is 27.0. The number of nitrogen functional groups attached to an aromatic ring is 1. The van der Waals surface area contributed by atoms with Gasteiger partial charge in [0.2, 0.25) is 0 Å². The Morgan fingerprint density at radius 3 is 2.47 bits per heavy atom. The molecule has 2 aromatic heterocycles. The van der Waals surface area contributed by atoms with E-state index in [2.05, 4.69) is 52.9 Å². The molecular weight excluding hydrogens is 424 g/mol. The molecule has 1 aliphatic rings. The summed E-state index contributed by atoms with van der Waals surface area (Å²) < 4.78 is 1.21. The first kappa shape index (κ1) is 22.3. The van der Waals surface area contributed by atoms with Crippen molar-refractivity contribution in [1.29, 1.82) is 0 Å². The van der Waals surface area contributed by atoms with Crippen LogP contribution in [0.25, 0.3) is 21.8 Å². The largest absolute Gasteiger partial charge is 0.354 e. The topological polar surface area (TPSA) is 80.3 Å². The van der Waals surface area contributed by atoms with Crippen molar-refractivity contribution in [3.05, 3.63) is 75.8 Å². The van der Waals surface area contributed by atoms with E-state index < -0.39 is 0 Å². The Morgan fingerprint density at radius 1 is 0.882 bits per heavy atom. The SMILES string of the molecule is Cc1cc(N2CCN(CCCCc3nc4ccccc4c(=O)n3N)CC2)nc2c(C)cccc12. The van der Waals surface area contributed by atoms with Gasteiger partial charge in [-0.25, -0.2) is 14.6 Å². The third-order valence-electron chi connectivity index (χ3n) is 6.94. The lowest BCUT2D eigenvalue weighted by Crippen LogP contribution is -2.47. The number of anilines is 1. The molecule has 0 atom stereocenters. The number of nitrogens with zero attached hydrogens (tertiary/aromatic N) is 5. The predicted molar refractivity (Wildman–Crippen MR) is 139 cm³/mol. The highest BCUT2D eigenvalue weighted by molar-refractivity contribution is 5.86. The molecule has 34 heavy (non-hydrogen) atoms. The minimum absolute atomic E-state index is 0.176. The standard InChI is InChI=1S/C27H32N6O/c1-19-8-7-10-21-20(2)18-25(30-26(19)21)32-16-14-31(15-17-32)13-6-5-12-24-29-23-11-4-3-9-22(23)27(34)33(24)28/h3-4,7-11,18H,5-6,12-17,28H2,1-2H3. The second-order valence-electron chi connectivity index (χ2n) is 9.27. The highest BCUT2D eigenvalue weighted by Crippen LogP contribution is 2.25. The van der Waals surface area contributed by atoms with Crippen molar-refractivity contribution in [2.24, 2.45) is 0 Å². The summed E-state index contributed by atoms with van der Waals surface area (Å²) in [5, 5.41) is 1.81. The van der Waals surface area contributed by atoms with E-state index in [4.69, 9.17) is 10.8 Å². The van der Waals surface area contributed by atoms with Gasteiger partial charge in [0.25, 0.3) is 5.56 Å². The van der Waals surface area contributed by atoms with Crippen LogP contribution in [0.3, 0.4) is 0 Å². The molecule has 0 unspecified atom stereocenters. The average Bonchev–Trinajstić information content (AvgIpc) is 2.85. The van der Waals surface area contributed by atoms with Gasteiger partial charge >= 0.3 is 0 Å². The third-order valence-corrected chi connectivity index (χ3v) is 6.94. The number of hydrogen-bond acceptors (Lipinski definition) is 6. The first-order chi connectivity index (χ1) is 16.5. The summed E-state index contributed by atoms with van der Waals surface area (Å²) in [6.45, 7) is 9.38. The first-order valence-electron chi connectivity index (χ1n) is 12.1. The summed E-state index contributed by atoms with van der Waals surface area (Å²) in [5.74, 6) is 7.76. The highest BCUT2D eigenvalue weighted by atomic mass is 16.1. The molecule has 1 saturated heterocycles. The van der Waals surface area contributed by atoms with Gasteiger partial charge in [0.1, 0.15) is 11.6 Å². The van der Waals surface area contributed by atoms with E-state index in [1.54, 1.807) is 6.07 Å². The Bertz CT molecular complexity index is 1390. The maximum Gasteiger partial charge on any atom is 0.279 e. The van der Waals surface area contributed by atoms with Gasteiger partial charge in [-0.2, -0.15) is 0 Å². The van der Waals surface area contributed by atoms with Crippen LogP contribution in [0.2, 0.25) is 0 Å². The molecule has 1 aliphatic heterocycles. The van der Waals surface area contributed by atoms with Crippen LogP contribution in [0.4, 0.5) is 5.82 Å². The minimum atomic E-state index is -0.176. The zero-order valence-corrected chi connectivity index (χ0v) is 20.0. The van der Waals surface area contributed by atoms with Crippen molar-refractivity contribution < 1.29 is 0 Å². The van der Waals surface area contributed by atoms with Gasteiger partial charge in [-0.1, -0.05) is 30.3 Å². The zero-order chi connectivity index (χ0) is 23.7. The van der Waals surface area contributed by atoms with Crippen LogP contribution < -0.4 is 16.3 Å². The van der Waals surface area contributed by atoms with Gasteiger partial charge in [-0.3, -0.25) is 9.69 Å². The van der Waals surface area contributed by atoms with Crippen molar-refractivity contribution in [2.45, 2.75) is 33.1 Å². The number of nitrogens with two attached hydrogens (primary N) is 1. The van der Waals surface area contributed by atoms with Crippen LogP contribution in [-0.4, -0.2) is 52.3 Å². The number of rotatable bonds is 6. The van der Waals surface area contributed by atoms with Crippen molar-refractivity contribution in [1.82, 2.24) is 19.5 Å². The van der Waals surface area contributed by atoms with Gasteiger partial charge in [-0.15, -0.1) is 0 Å². The van der Waals surface area contributed by atoms with Crippen molar-refractivity contribution >= 4 is 27.6 Å². The Hall–Kier alpha value is -3.45. The zero-order valence-electron chi connectivity index (χ0n) is 20.0. The van der Waals surface area contributed by atoms with Crippen LogP contribution in [0.5, 0.6) is 0 Å². The van der Waals surface area contributed by atoms with E-state index in [0.717, 1.165) is 56.9 Å². The van der Waals surface area contributed by atoms with E-state index in [9.17, 15) is 4.79 Å². The van der Waals surface area contributed by atoms with E-state index in [1.807, 2.05) is 18.2 Å². The molecule has 0 spiro atoms. The maximum atomic E-state index is 12.5. The van der Waals surface area contributed by atoms with E-state index >= 15 is 0 Å². The van der Waals surface area contributed by atoms with Crippen LogP contribution in [0.1, 0.15) is 29.8 Å². The van der Waals surface area contributed by atoms with Gasteiger partial charge in [0, 0.05) is 38.0 Å². The third kappa shape index (κ3) is 4.35. The van der Waals surface area contributed by atoms with Gasteiger partial charge in [0.05, 0.1) is 16.4 Å². The number of para-hydroxylation sites is 2. The lowest BCUT2D eigenvalue weighted by atomic mass is 10.1. The van der Waals surface area contributed by atoms with Gasteiger partial charge < -0.3 is 10.7 Å². The van der Waals surface area contributed by atoms with Crippen LogP contribution in [0.15, 0.2) is 53.3 Å². The molecule has 7 heteroatoms. The molecule has 0 saturated carbocycles. The lowest BCUT2D eigenvalue weighted by molar-refractivity contribution is 0.252. The summed E-state index contributed by atoms with van der Waals surface area (Å²) >= 11 is 0. The van der Waals surface area contributed by atoms with E-state index in [0.29, 0.717) is 23.1 Å².